The summed E-state index contributed by atoms with van der Waals surface area (Å²) in [6.07, 6.45) is 2.29. The first-order valence-electron chi connectivity index (χ1n) is 3.58. The van der Waals surface area contributed by atoms with Crippen LogP contribution in [0, 0.1) is 5.92 Å². The van der Waals surface area contributed by atoms with Crippen LogP contribution in [0.1, 0.15) is 25.7 Å². The van der Waals surface area contributed by atoms with Crippen molar-refractivity contribution in [3.05, 3.63) is 0 Å². The van der Waals surface area contributed by atoms with E-state index in [4.69, 9.17) is 10.2 Å². The maximum absolute atomic E-state index is 10.2. The van der Waals surface area contributed by atoms with E-state index >= 15 is 0 Å². The lowest BCUT2D eigenvalue weighted by atomic mass is 10.0. The molecule has 3 nitrogen and oxygen atoms in total. The summed E-state index contributed by atoms with van der Waals surface area (Å²) in [5, 5.41) is 17.4. The molecule has 0 spiro atoms. The van der Waals surface area contributed by atoms with Gasteiger partial charge in [0.05, 0.1) is 6.10 Å². The number of aliphatic carboxylic acids is 1. The van der Waals surface area contributed by atoms with Crippen LogP contribution in [0.15, 0.2) is 0 Å². The molecule has 0 saturated heterocycles. The van der Waals surface area contributed by atoms with Crippen LogP contribution >= 0.6 is 0 Å². The molecule has 0 bridgehead atoms. The first kappa shape index (κ1) is 7.54. The summed E-state index contributed by atoms with van der Waals surface area (Å²) >= 11 is 0. The average Bonchev–Trinajstić information content (AvgIpc) is 2.13. The van der Waals surface area contributed by atoms with Gasteiger partial charge in [-0.2, -0.15) is 0 Å². The summed E-state index contributed by atoms with van der Waals surface area (Å²) in [4.78, 5) is 10.2. The quantitative estimate of drug-likeness (QED) is 0.597. The first-order valence-corrected chi connectivity index (χ1v) is 3.58. The lowest BCUT2D eigenvalue weighted by molar-refractivity contribution is -0.138. The van der Waals surface area contributed by atoms with E-state index in [0.29, 0.717) is 6.42 Å². The molecule has 0 aromatic heterocycles. The zero-order chi connectivity index (χ0) is 7.56. The van der Waals surface area contributed by atoms with Gasteiger partial charge >= 0.3 is 5.97 Å². The molecule has 10 heavy (non-hydrogen) atoms. The van der Waals surface area contributed by atoms with Crippen LogP contribution in [0.5, 0.6) is 0 Å². The summed E-state index contributed by atoms with van der Waals surface area (Å²) in [5.74, 6) is -0.536. The maximum Gasteiger partial charge on any atom is 0.303 e. The Kier molecular flexibility index (Phi) is 2.27. The van der Waals surface area contributed by atoms with E-state index in [1.54, 1.807) is 0 Å². The van der Waals surface area contributed by atoms with Gasteiger partial charge in [0.15, 0.2) is 0 Å². The lowest BCUT2D eigenvalue weighted by Crippen LogP contribution is -2.05. The fourth-order valence-corrected chi connectivity index (χ4v) is 1.48. The van der Waals surface area contributed by atoms with Crippen molar-refractivity contribution in [2.45, 2.75) is 31.8 Å². The molecular weight excluding hydrogens is 132 g/mol. The standard InChI is InChI=1S/C7H12O3/c8-6-2-1-5(3-6)4-7(9)10/h5-6,8H,1-4H2,(H,9,10)/t5-,6+/m0/s1. The number of carbonyl (C=O) groups is 1. The largest absolute Gasteiger partial charge is 0.481 e. The highest BCUT2D eigenvalue weighted by Crippen LogP contribution is 2.27. The van der Waals surface area contributed by atoms with E-state index in [1.165, 1.54) is 0 Å². The summed E-state index contributed by atoms with van der Waals surface area (Å²) in [5.41, 5.74) is 0. The second-order valence-corrected chi connectivity index (χ2v) is 2.93. The molecule has 3 heteroatoms. The van der Waals surface area contributed by atoms with E-state index in [0.717, 1.165) is 12.8 Å². The zero-order valence-electron chi connectivity index (χ0n) is 5.79. The second kappa shape index (κ2) is 3.01. The van der Waals surface area contributed by atoms with Gasteiger partial charge in [-0.3, -0.25) is 4.79 Å². The van der Waals surface area contributed by atoms with Gasteiger partial charge < -0.3 is 10.2 Å². The molecule has 58 valence electrons. The number of carboxylic acids is 1. The van der Waals surface area contributed by atoms with Crippen LogP contribution in [-0.2, 0) is 4.79 Å². The van der Waals surface area contributed by atoms with Crippen molar-refractivity contribution in [2.75, 3.05) is 0 Å². The molecular formula is C7H12O3. The fraction of sp³-hybridized carbons (Fsp3) is 0.857. The van der Waals surface area contributed by atoms with Gasteiger partial charge in [-0.05, 0) is 25.2 Å². The van der Waals surface area contributed by atoms with E-state index in [1.807, 2.05) is 0 Å². The lowest BCUT2D eigenvalue weighted by Gasteiger charge is -2.02. The molecule has 1 saturated carbocycles. The maximum atomic E-state index is 10.2. The van der Waals surface area contributed by atoms with Crippen molar-refractivity contribution in [1.82, 2.24) is 0 Å². The summed E-state index contributed by atoms with van der Waals surface area (Å²) in [6, 6.07) is 0. The molecule has 2 atom stereocenters. The third-order valence-electron chi connectivity index (χ3n) is 1.98. The van der Waals surface area contributed by atoms with Gasteiger partial charge in [-0.15, -0.1) is 0 Å². The van der Waals surface area contributed by atoms with Crippen molar-refractivity contribution < 1.29 is 15.0 Å². The SMILES string of the molecule is O=C(O)C[C@H]1CC[C@@H](O)C1. The van der Waals surface area contributed by atoms with Gasteiger partial charge in [0.25, 0.3) is 0 Å². The number of hydrogen-bond donors (Lipinski definition) is 2. The predicted octanol–water partition coefficient (Wildman–Crippen LogP) is 0.622. The van der Waals surface area contributed by atoms with Crippen molar-refractivity contribution >= 4 is 5.97 Å². The number of aliphatic hydroxyl groups excluding tert-OH is 1. The third kappa shape index (κ3) is 1.99. The molecule has 1 aliphatic carbocycles. The Hall–Kier alpha value is -0.570. The van der Waals surface area contributed by atoms with Crippen LogP contribution in [-0.4, -0.2) is 22.3 Å². The van der Waals surface area contributed by atoms with Crippen LogP contribution in [0.4, 0.5) is 0 Å². The van der Waals surface area contributed by atoms with Crippen molar-refractivity contribution in [3.8, 4) is 0 Å². The minimum atomic E-state index is -0.751. The minimum absolute atomic E-state index is 0.215. The number of hydrogen-bond acceptors (Lipinski definition) is 2. The van der Waals surface area contributed by atoms with Gasteiger partial charge in [-0.25, -0.2) is 0 Å². The van der Waals surface area contributed by atoms with Crippen LogP contribution in [0.3, 0.4) is 0 Å². The monoisotopic (exact) mass is 144 g/mol. The normalized spacial score (nSPS) is 32.5. The van der Waals surface area contributed by atoms with Crippen LogP contribution < -0.4 is 0 Å². The molecule has 2 N–H and O–H groups in total. The molecule has 1 aliphatic rings. The Morgan fingerprint density at radius 3 is 2.60 bits per heavy atom. The van der Waals surface area contributed by atoms with Crippen molar-refractivity contribution in [3.63, 3.8) is 0 Å². The van der Waals surface area contributed by atoms with E-state index in [-0.39, 0.29) is 18.4 Å². The van der Waals surface area contributed by atoms with Gasteiger partial charge in [-0.1, -0.05) is 0 Å². The molecule has 0 radical (unpaired) electrons. The smallest absolute Gasteiger partial charge is 0.303 e. The number of carboxylic acid groups (broad SMARTS) is 1. The molecule has 0 aliphatic heterocycles. The Balaban J connectivity index is 2.24. The summed E-state index contributed by atoms with van der Waals surface area (Å²) in [6.45, 7) is 0. The van der Waals surface area contributed by atoms with E-state index < -0.39 is 5.97 Å². The van der Waals surface area contributed by atoms with Crippen LogP contribution in [0.2, 0.25) is 0 Å². The Labute approximate surface area is 59.7 Å². The highest BCUT2D eigenvalue weighted by atomic mass is 16.4. The highest BCUT2D eigenvalue weighted by molar-refractivity contribution is 5.67. The number of rotatable bonds is 2. The Bertz CT molecular complexity index is 133. The zero-order valence-corrected chi connectivity index (χ0v) is 5.79. The molecule has 0 heterocycles. The Morgan fingerprint density at radius 2 is 2.20 bits per heavy atom. The first-order chi connectivity index (χ1) is 4.68. The topological polar surface area (TPSA) is 57.5 Å². The summed E-state index contributed by atoms with van der Waals surface area (Å²) in [7, 11) is 0. The predicted molar refractivity (Wildman–Crippen MR) is 35.6 cm³/mol. The van der Waals surface area contributed by atoms with Gasteiger partial charge in [0.2, 0.25) is 0 Å². The van der Waals surface area contributed by atoms with E-state index in [9.17, 15) is 4.79 Å². The Morgan fingerprint density at radius 1 is 1.50 bits per heavy atom. The molecule has 1 fully saturated rings. The molecule has 0 aromatic carbocycles. The van der Waals surface area contributed by atoms with Gasteiger partial charge in [0.1, 0.15) is 0 Å². The summed E-state index contributed by atoms with van der Waals surface area (Å²) < 4.78 is 0. The van der Waals surface area contributed by atoms with Crippen molar-refractivity contribution in [2.24, 2.45) is 5.92 Å². The highest BCUT2D eigenvalue weighted by Gasteiger charge is 2.24. The third-order valence-corrected chi connectivity index (χ3v) is 1.98. The molecule has 0 amide bonds. The minimum Gasteiger partial charge on any atom is -0.481 e. The average molecular weight is 144 g/mol. The molecule has 1 rings (SSSR count). The van der Waals surface area contributed by atoms with Gasteiger partial charge in [0, 0.05) is 6.42 Å². The van der Waals surface area contributed by atoms with E-state index in [2.05, 4.69) is 0 Å². The molecule has 0 unspecified atom stereocenters. The van der Waals surface area contributed by atoms with Crippen molar-refractivity contribution in [1.29, 1.82) is 0 Å². The second-order valence-electron chi connectivity index (χ2n) is 2.93. The van der Waals surface area contributed by atoms with Crippen LogP contribution in [0.25, 0.3) is 0 Å². The number of aliphatic hydroxyl groups is 1. The fourth-order valence-electron chi connectivity index (χ4n) is 1.48. The molecule has 0 aromatic rings.